The van der Waals surface area contributed by atoms with E-state index in [1.165, 1.54) is 0 Å². The van der Waals surface area contributed by atoms with Gasteiger partial charge in [-0.2, -0.15) is 0 Å². The van der Waals surface area contributed by atoms with E-state index in [2.05, 4.69) is 20.9 Å². The Labute approximate surface area is 117 Å². The van der Waals surface area contributed by atoms with Gasteiger partial charge in [-0.3, -0.25) is 0 Å². The third-order valence-electron chi connectivity index (χ3n) is 2.89. The van der Waals surface area contributed by atoms with Gasteiger partial charge in [0.15, 0.2) is 5.88 Å². The molecule has 3 rings (SSSR count). The van der Waals surface area contributed by atoms with E-state index in [9.17, 15) is 5.11 Å². The summed E-state index contributed by atoms with van der Waals surface area (Å²) in [4.78, 5) is 2.95. The first-order chi connectivity index (χ1) is 8.66. The molecule has 90 valence electrons. The standard InChI is InChI=1S/C14H9BrClNO/c15-8-5-6-9(11(16)7-8)13-10-3-1-2-4-12(10)17-14(13)18/h1-7,17-18H. The number of H-pyrrole nitrogens is 1. The van der Waals surface area contributed by atoms with Crippen molar-refractivity contribution >= 4 is 38.4 Å². The maximum atomic E-state index is 10.1. The van der Waals surface area contributed by atoms with Crippen molar-refractivity contribution in [3.8, 4) is 17.0 Å². The molecule has 2 nitrogen and oxygen atoms in total. The summed E-state index contributed by atoms with van der Waals surface area (Å²) < 4.78 is 0.913. The molecule has 1 heterocycles. The van der Waals surface area contributed by atoms with Gasteiger partial charge in [-0.15, -0.1) is 0 Å². The Balaban J connectivity index is 2.34. The van der Waals surface area contributed by atoms with Gasteiger partial charge in [0, 0.05) is 26.0 Å². The molecule has 2 N–H and O–H groups in total. The van der Waals surface area contributed by atoms with Gasteiger partial charge in [0.25, 0.3) is 0 Å². The van der Waals surface area contributed by atoms with Crippen molar-refractivity contribution in [2.45, 2.75) is 0 Å². The second kappa shape index (κ2) is 4.34. The molecule has 0 atom stereocenters. The maximum Gasteiger partial charge on any atom is 0.197 e. The zero-order valence-corrected chi connectivity index (χ0v) is 11.6. The van der Waals surface area contributed by atoms with Crippen molar-refractivity contribution in [3.63, 3.8) is 0 Å². The molecule has 0 fully saturated rings. The van der Waals surface area contributed by atoms with Crippen molar-refractivity contribution in [2.24, 2.45) is 0 Å². The summed E-state index contributed by atoms with van der Waals surface area (Å²) >= 11 is 9.61. The van der Waals surface area contributed by atoms with E-state index >= 15 is 0 Å². The summed E-state index contributed by atoms with van der Waals surface area (Å²) in [6, 6.07) is 13.4. The predicted molar refractivity (Wildman–Crippen MR) is 78.1 cm³/mol. The molecule has 0 saturated carbocycles. The molecule has 0 unspecified atom stereocenters. The van der Waals surface area contributed by atoms with Gasteiger partial charge in [-0.25, -0.2) is 0 Å². The average molecular weight is 323 g/mol. The van der Waals surface area contributed by atoms with Gasteiger partial charge >= 0.3 is 0 Å². The second-order valence-corrected chi connectivity index (χ2v) is 5.34. The van der Waals surface area contributed by atoms with E-state index in [0.29, 0.717) is 5.02 Å². The predicted octanol–water partition coefficient (Wildman–Crippen LogP) is 4.96. The number of halogens is 2. The summed E-state index contributed by atoms with van der Waals surface area (Å²) in [5.41, 5.74) is 2.45. The van der Waals surface area contributed by atoms with Gasteiger partial charge < -0.3 is 10.1 Å². The van der Waals surface area contributed by atoms with Crippen LogP contribution < -0.4 is 0 Å². The number of fused-ring (bicyclic) bond motifs is 1. The summed E-state index contributed by atoms with van der Waals surface area (Å²) in [5.74, 6) is 0.139. The van der Waals surface area contributed by atoms with Crippen molar-refractivity contribution in [3.05, 3.63) is 52.0 Å². The fraction of sp³-hybridized carbons (Fsp3) is 0. The second-order valence-electron chi connectivity index (χ2n) is 4.02. The van der Waals surface area contributed by atoms with E-state index in [1.807, 2.05) is 42.5 Å². The lowest BCUT2D eigenvalue weighted by molar-refractivity contribution is 0.460. The molecule has 0 spiro atoms. The van der Waals surface area contributed by atoms with Crippen LogP contribution in [0, 0.1) is 0 Å². The van der Waals surface area contributed by atoms with Crippen LogP contribution in [0.3, 0.4) is 0 Å². The molecule has 0 aliphatic carbocycles. The van der Waals surface area contributed by atoms with Crippen LogP contribution in [0.25, 0.3) is 22.0 Å². The Morgan fingerprint density at radius 3 is 2.67 bits per heavy atom. The number of nitrogens with one attached hydrogen (secondary N) is 1. The largest absolute Gasteiger partial charge is 0.494 e. The normalized spacial score (nSPS) is 11.0. The smallest absolute Gasteiger partial charge is 0.197 e. The summed E-state index contributed by atoms with van der Waals surface area (Å²) in [6.45, 7) is 0. The fourth-order valence-corrected chi connectivity index (χ4v) is 2.86. The first kappa shape index (κ1) is 11.6. The molecule has 0 aliphatic heterocycles. The minimum absolute atomic E-state index is 0.139. The monoisotopic (exact) mass is 321 g/mol. The first-order valence-corrected chi connectivity index (χ1v) is 6.59. The van der Waals surface area contributed by atoms with Crippen LogP contribution in [0.1, 0.15) is 0 Å². The Morgan fingerprint density at radius 2 is 1.89 bits per heavy atom. The van der Waals surface area contributed by atoms with Crippen LogP contribution in [-0.4, -0.2) is 10.1 Å². The lowest BCUT2D eigenvalue weighted by Gasteiger charge is -2.04. The minimum atomic E-state index is 0.139. The third-order valence-corrected chi connectivity index (χ3v) is 3.69. The van der Waals surface area contributed by atoms with Crippen LogP contribution >= 0.6 is 27.5 Å². The summed E-state index contributed by atoms with van der Waals surface area (Å²) in [6.07, 6.45) is 0. The Bertz CT molecular complexity index is 736. The Kier molecular flexibility index (Phi) is 2.80. The topological polar surface area (TPSA) is 36.0 Å². The van der Waals surface area contributed by atoms with Gasteiger partial charge in [0.2, 0.25) is 0 Å². The Morgan fingerprint density at radius 1 is 1.11 bits per heavy atom. The molecule has 0 saturated heterocycles. The van der Waals surface area contributed by atoms with Crippen LogP contribution in [0.4, 0.5) is 0 Å². The number of hydrogen-bond donors (Lipinski definition) is 2. The Hall–Kier alpha value is -1.45. The molecule has 0 bridgehead atoms. The highest BCUT2D eigenvalue weighted by atomic mass is 79.9. The van der Waals surface area contributed by atoms with Crippen molar-refractivity contribution in [1.29, 1.82) is 0 Å². The molecule has 3 aromatic rings. The molecule has 0 aliphatic rings. The van der Waals surface area contributed by atoms with Crippen molar-refractivity contribution < 1.29 is 5.11 Å². The zero-order chi connectivity index (χ0) is 12.7. The van der Waals surface area contributed by atoms with E-state index in [4.69, 9.17) is 11.6 Å². The number of para-hydroxylation sites is 1. The van der Waals surface area contributed by atoms with Crippen LogP contribution in [0.5, 0.6) is 5.88 Å². The minimum Gasteiger partial charge on any atom is -0.494 e. The van der Waals surface area contributed by atoms with Crippen molar-refractivity contribution in [2.75, 3.05) is 0 Å². The summed E-state index contributed by atoms with van der Waals surface area (Å²) in [5, 5.41) is 11.6. The molecular formula is C14H9BrClNO. The van der Waals surface area contributed by atoms with Gasteiger partial charge in [0.1, 0.15) is 0 Å². The fourth-order valence-electron chi connectivity index (χ4n) is 2.09. The van der Waals surface area contributed by atoms with E-state index in [0.717, 1.165) is 26.5 Å². The molecule has 0 radical (unpaired) electrons. The molecule has 1 aromatic heterocycles. The SMILES string of the molecule is Oc1[nH]c2ccccc2c1-c1ccc(Br)cc1Cl. The highest BCUT2D eigenvalue weighted by molar-refractivity contribution is 9.10. The molecule has 2 aromatic carbocycles. The van der Waals surface area contributed by atoms with E-state index < -0.39 is 0 Å². The number of aromatic amines is 1. The first-order valence-electron chi connectivity index (χ1n) is 5.42. The van der Waals surface area contributed by atoms with Gasteiger partial charge in [-0.1, -0.05) is 51.8 Å². The number of hydrogen-bond acceptors (Lipinski definition) is 1. The lowest BCUT2D eigenvalue weighted by atomic mass is 10.0. The number of benzene rings is 2. The van der Waals surface area contributed by atoms with Crippen LogP contribution in [0.15, 0.2) is 46.9 Å². The highest BCUT2D eigenvalue weighted by Crippen LogP contribution is 2.40. The molecule has 18 heavy (non-hydrogen) atoms. The maximum absolute atomic E-state index is 10.1. The van der Waals surface area contributed by atoms with E-state index in [-0.39, 0.29) is 5.88 Å². The average Bonchev–Trinajstić information content (AvgIpc) is 2.66. The number of aromatic hydroxyl groups is 1. The van der Waals surface area contributed by atoms with Gasteiger partial charge in [-0.05, 0) is 18.2 Å². The molecule has 4 heteroatoms. The number of rotatable bonds is 1. The quantitative estimate of drug-likeness (QED) is 0.653. The zero-order valence-electron chi connectivity index (χ0n) is 9.24. The van der Waals surface area contributed by atoms with Crippen molar-refractivity contribution in [1.82, 2.24) is 4.98 Å². The summed E-state index contributed by atoms with van der Waals surface area (Å²) in [7, 11) is 0. The molecule has 0 amide bonds. The third kappa shape index (κ3) is 1.80. The van der Waals surface area contributed by atoms with E-state index in [1.54, 1.807) is 0 Å². The van der Waals surface area contributed by atoms with Gasteiger partial charge in [0.05, 0.1) is 5.56 Å². The molecular weight excluding hydrogens is 314 g/mol. The van der Waals surface area contributed by atoms with Crippen LogP contribution in [0.2, 0.25) is 5.02 Å². The number of aromatic nitrogens is 1. The highest BCUT2D eigenvalue weighted by Gasteiger charge is 2.15. The lowest BCUT2D eigenvalue weighted by Crippen LogP contribution is -1.79. The van der Waals surface area contributed by atoms with Crippen LogP contribution in [-0.2, 0) is 0 Å².